The van der Waals surface area contributed by atoms with Crippen LogP contribution < -0.4 is 20.7 Å². The Labute approximate surface area is 136 Å². The normalized spacial score (nSPS) is 10.3. The van der Waals surface area contributed by atoms with Crippen LogP contribution in [0, 0.1) is 0 Å². The van der Waals surface area contributed by atoms with E-state index in [-0.39, 0.29) is 12.1 Å². The molecule has 122 valence electrons. The molecule has 0 atom stereocenters. The first-order chi connectivity index (χ1) is 11.1. The van der Waals surface area contributed by atoms with Gasteiger partial charge >= 0.3 is 6.03 Å². The summed E-state index contributed by atoms with van der Waals surface area (Å²) < 4.78 is 5.57. The van der Waals surface area contributed by atoms with Crippen LogP contribution in [0.25, 0.3) is 0 Å². The highest BCUT2D eigenvalue weighted by molar-refractivity contribution is 5.89. The molecule has 0 aliphatic rings. The number of nitrogens with zero attached hydrogens (tertiary/aromatic N) is 1. The van der Waals surface area contributed by atoms with E-state index in [0.717, 1.165) is 11.4 Å². The van der Waals surface area contributed by atoms with Gasteiger partial charge in [-0.05, 0) is 45.0 Å². The second-order valence-corrected chi connectivity index (χ2v) is 5.24. The van der Waals surface area contributed by atoms with E-state index in [0.29, 0.717) is 18.1 Å². The number of carbonyl (C=O) groups is 1. The number of carbonyl (C=O) groups excluding carboxylic acids is 1. The van der Waals surface area contributed by atoms with E-state index in [1.165, 1.54) is 0 Å². The molecule has 2 rings (SSSR count). The van der Waals surface area contributed by atoms with Gasteiger partial charge < -0.3 is 20.7 Å². The Hall–Kier alpha value is -2.76. The van der Waals surface area contributed by atoms with Crippen molar-refractivity contribution in [3.8, 4) is 5.75 Å². The average Bonchev–Trinajstić information content (AvgIpc) is 2.50. The third-order valence-corrected chi connectivity index (χ3v) is 2.89. The Bertz CT molecular complexity index is 641. The van der Waals surface area contributed by atoms with Crippen molar-refractivity contribution in [1.82, 2.24) is 10.3 Å². The minimum Gasteiger partial charge on any atom is -0.492 e. The minimum atomic E-state index is -0.246. The van der Waals surface area contributed by atoms with Gasteiger partial charge in [0.2, 0.25) is 0 Å². The molecule has 2 amide bonds. The minimum absolute atomic E-state index is 0.0824. The molecule has 0 saturated heterocycles. The van der Waals surface area contributed by atoms with Crippen LogP contribution in [0.2, 0.25) is 0 Å². The molecular weight excluding hydrogens is 292 g/mol. The van der Waals surface area contributed by atoms with E-state index in [1.807, 2.05) is 45.0 Å². The lowest BCUT2D eigenvalue weighted by Gasteiger charge is -2.12. The van der Waals surface area contributed by atoms with Gasteiger partial charge in [-0.2, -0.15) is 0 Å². The lowest BCUT2D eigenvalue weighted by molar-refractivity contribution is 0.250. The molecule has 0 aliphatic heterocycles. The molecular formula is C17H22N4O2. The van der Waals surface area contributed by atoms with E-state index >= 15 is 0 Å². The van der Waals surface area contributed by atoms with E-state index in [4.69, 9.17) is 4.74 Å². The Morgan fingerprint density at radius 3 is 2.65 bits per heavy atom. The first-order valence-electron chi connectivity index (χ1n) is 7.61. The summed E-state index contributed by atoms with van der Waals surface area (Å²) in [6.07, 6.45) is 1.60. The van der Waals surface area contributed by atoms with Crippen molar-refractivity contribution in [2.45, 2.75) is 26.8 Å². The molecule has 0 unspecified atom stereocenters. The van der Waals surface area contributed by atoms with Crippen molar-refractivity contribution in [2.24, 2.45) is 0 Å². The van der Waals surface area contributed by atoms with Gasteiger partial charge in [-0.25, -0.2) is 9.78 Å². The van der Waals surface area contributed by atoms with Crippen LogP contribution in [0.3, 0.4) is 0 Å². The molecule has 1 heterocycles. The highest BCUT2D eigenvalue weighted by atomic mass is 16.5. The van der Waals surface area contributed by atoms with Gasteiger partial charge in [0.05, 0.1) is 24.2 Å². The lowest BCUT2D eigenvalue weighted by atomic mass is 10.3. The highest BCUT2D eigenvalue weighted by Gasteiger charge is 2.05. The number of urea groups is 1. The number of para-hydroxylation sites is 2. The fourth-order valence-electron chi connectivity index (χ4n) is 1.96. The van der Waals surface area contributed by atoms with Crippen LogP contribution in [0.5, 0.6) is 5.75 Å². The average molecular weight is 314 g/mol. The molecule has 3 N–H and O–H groups in total. The van der Waals surface area contributed by atoms with Crippen LogP contribution in [0.15, 0.2) is 42.6 Å². The fraction of sp³-hybridized carbons (Fsp3) is 0.294. The summed E-state index contributed by atoms with van der Waals surface area (Å²) in [7, 11) is 0. The van der Waals surface area contributed by atoms with Crippen molar-refractivity contribution in [1.29, 1.82) is 0 Å². The number of aromatic nitrogens is 1. The smallest absolute Gasteiger partial charge is 0.319 e. The van der Waals surface area contributed by atoms with Crippen molar-refractivity contribution in [3.63, 3.8) is 0 Å². The van der Waals surface area contributed by atoms with Gasteiger partial charge in [-0.15, -0.1) is 0 Å². The largest absolute Gasteiger partial charge is 0.492 e. The zero-order chi connectivity index (χ0) is 16.7. The predicted octanol–water partition coefficient (Wildman–Crippen LogP) is 3.75. The molecule has 23 heavy (non-hydrogen) atoms. The Morgan fingerprint density at radius 2 is 2.00 bits per heavy atom. The van der Waals surface area contributed by atoms with Crippen LogP contribution >= 0.6 is 0 Å². The van der Waals surface area contributed by atoms with E-state index < -0.39 is 0 Å². The number of anilines is 3. The van der Waals surface area contributed by atoms with Gasteiger partial charge in [0.15, 0.2) is 0 Å². The fourth-order valence-corrected chi connectivity index (χ4v) is 1.96. The summed E-state index contributed by atoms with van der Waals surface area (Å²) in [5.41, 5.74) is 1.48. The second-order valence-electron chi connectivity index (χ2n) is 5.24. The maximum absolute atomic E-state index is 11.6. The van der Waals surface area contributed by atoms with Gasteiger partial charge in [0, 0.05) is 6.04 Å². The summed E-state index contributed by atoms with van der Waals surface area (Å²) in [4.78, 5) is 15.9. The number of hydrogen-bond acceptors (Lipinski definition) is 4. The van der Waals surface area contributed by atoms with Crippen LogP contribution in [-0.2, 0) is 0 Å². The standard InChI is InChI=1S/C17H22N4O2/c1-4-23-15-8-6-5-7-14(15)21-16-10-9-13(11-18-16)20-17(22)19-12(2)3/h5-12H,4H2,1-3H3,(H,18,21)(H2,19,20,22). The van der Waals surface area contributed by atoms with Crippen molar-refractivity contribution in [2.75, 3.05) is 17.2 Å². The quantitative estimate of drug-likeness (QED) is 0.759. The summed E-state index contributed by atoms with van der Waals surface area (Å²) in [5, 5.41) is 8.69. The van der Waals surface area contributed by atoms with Gasteiger partial charge in [0.25, 0.3) is 0 Å². The van der Waals surface area contributed by atoms with Crippen molar-refractivity contribution in [3.05, 3.63) is 42.6 Å². The number of hydrogen-bond donors (Lipinski definition) is 3. The summed E-state index contributed by atoms with van der Waals surface area (Å²) in [5.74, 6) is 1.45. The monoisotopic (exact) mass is 314 g/mol. The van der Waals surface area contributed by atoms with Crippen LogP contribution in [0.1, 0.15) is 20.8 Å². The molecule has 0 aliphatic carbocycles. The van der Waals surface area contributed by atoms with Crippen molar-refractivity contribution < 1.29 is 9.53 Å². The number of benzene rings is 1. The maximum atomic E-state index is 11.6. The van der Waals surface area contributed by atoms with E-state index in [1.54, 1.807) is 18.3 Å². The molecule has 1 aromatic heterocycles. The molecule has 1 aromatic carbocycles. The second kappa shape index (κ2) is 8.03. The first kappa shape index (κ1) is 16.6. The van der Waals surface area contributed by atoms with E-state index in [2.05, 4.69) is 20.9 Å². The Kier molecular flexibility index (Phi) is 5.80. The topological polar surface area (TPSA) is 75.3 Å². The zero-order valence-electron chi connectivity index (χ0n) is 13.6. The number of nitrogens with one attached hydrogen (secondary N) is 3. The van der Waals surface area contributed by atoms with Gasteiger partial charge in [-0.1, -0.05) is 12.1 Å². The molecule has 6 nitrogen and oxygen atoms in total. The molecule has 0 radical (unpaired) electrons. The Balaban J connectivity index is 2.01. The van der Waals surface area contributed by atoms with Crippen molar-refractivity contribution >= 4 is 23.2 Å². The summed E-state index contributed by atoms with van der Waals surface area (Å²) >= 11 is 0. The van der Waals surface area contributed by atoms with Gasteiger partial charge in [0.1, 0.15) is 11.6 Å². The maximum Gasteiger partial charge on any atom is 0.319 e. The third kappa shape index (κ3) is 5.18. The molecule has 6 heteroatoms. The van der Waals surface area contributed by atoms with Gasteiger partial charge in [-0.3, -0.25) is 0 Å². The highest BCUT2D eigenvalue weighted by Crippen LogP contribution is 2.26. The first-order valence-corrected chi connectivity index (χ1v) is 7.61. The number of amides is 2. The number of ether oxygens (including phenoxy) is 1. The number of pyridine rings is 1. The number of rotatable bonds is 6. The molecule has 2 aromatic rings. The van der Waals surface area contributed by atoms with E-state index in [9.17, 15) is 4.79 Å². The SMILES string of the molecule is CCOc1ccccc1Nc1ccc(NC(=O)NC(C)C)cn1. The predicted molar refractivity (Wildman–Crippen MR) is 92.4 cm³/mol. The van der Waals surface area contributed by atoms with Crippen LogP contribution in [-0.4, -0.2) is 23.7 Å². The summed E-state index contributed by atoms with van der Waals surface area (Å²) in [6.45, 7) is 6.35. The molecule has 0 spiro atoms. The zero-order valence-corrected chi connectivity index (χ0v) is 13.6. The molecule has 0 bridgehead atoms. The molecule has 0 fully saturated rings. The summed E-state index contributed by atoms with van der Waals surface area (Å²) in [6, 6.07) is 11.1. The Morgan fingerprint density at radius 1 is 1.22 bits per heavy atom. The molecule has 0 saturated carbocycles. The van der Waals surface area contributed by atoms with Crippen LogP contribution in [0.4, 0.5) is 22.0 Å². The third-order valence-electron chi connectivity index (χ3n) is 2.89. The lowest BCUT2D eigenvalue weighted by Crippen LogP contribution is -2.34.